The highest BCUT2D eigenvalue weighted by atomic mass is 16.5. The number of benzene rings is 2. The molecule has 2 aromatic rings. The maximum absolute atomic E-state index is 12.0. The average Bonchev–Trinajstić information content (AvgIpc) is 2.83. The Morgan fingerprint density at radius 3 is 1.24 bits per heavy atom. The lowest BCUT2D eigenvalue weighted by Gasteiger charge is -2.21. The number of carbonyl (C=O) groups excluding carboxylic acids is 2. The molecule has 0 saturated carbocycles. The van der Waals surface area contributed by atoms with E-state index in [0.717, 1.165) is 0 Å². The number of aliphatic carboxylic acids is 2. The molecule has 0 atom stereocenters. The second-order valence-electron chi connectivity index (χ2n) is 9.35. The molecule has 2 rings (SSSR count). The minimum atomic E-state index is -1.37. The topological polar surface area (TPSA) is 175 Å². The monoisotopic (exact) mass is 530 g/mol. The van der Waals surface area contributed by atoms with Crippen LogP contribution in [0.15, 0.2) is 48.5 Å². The highest BCUT2D eigenvalue weighted by Crippen LogP contribution is 2.22. The molecule has 12 heteroatoms. The van der Waals surface area contributed by atoms with E-state index in [1.165, 1.54) is 27.7 Å². The summed E-state index contributed by atoms with van der Waals surface area (Å²) in [5.41, 5.74) is -1.70. The van der Waals surface area contributed by atoms with Crippen molar-refractivity contribution in [3.63, 3.8) is 0 Å². The van der Waals surface area contributed by atoms with Gasteiger partial charge in [0.15, 0.2) is 11.2 Å². The fourth-order valence-corrected chi connectivity index (χ4v) is 2.89. The fourth-order valence-electron chi connectivity index (χ4n) is 2.89. The van der Waals surface area contributed by atoms with Gasteiger partial charge in [-0.25, -0.2) is 19.2 Å². The van der Waals surface area contributed by atoms with Crippen LogP contribution in [0.3, 0.4) is 0 Å². The molecule has 0 bridgehead atoms. The number of nitrogens with one attached hydrogen (secondary N) is 4. The van der Waals surface area contributed by atoms with Crippen LogP contribution < -0.4 is 30.7 Å². The van der Waals surface area contributed by atoms with Gasteiger partial charge in [0.1, 0.15) is 11.5 Å². The molecule has 0 heterocycles. The number of unbranched alkanes of at least 4 members (excludes halogenated alkanes) is 1. The first-order chi connectivity index (χ1) is 17.8. The fraction of sp³-hybridized carbons (Fsp3) is 0.385. The normalized spacial score (nSPS) is 11.2. The third-order valence-corrected chi connectivity index (χ3v) is 5.18. The zero-order chi connectivity index (χ0) is 28.3. The second kappa shape index (κ2) is 13.2. The molecule has 6 N–H and O–H groups in total. The molecular formula is C26H34N4O8. The zero-order valence-corrected chi connectivity index (χ0v) is 21.8. The Morgan fingerprint density at radius 1 is 0.632 bits per heavy atom. The van der Waals surface area contributed by atoms with Crippen molar-refractivity contribution in [1.82, 2.24) is 10.6 Å². The standard InChI is InChI=1S/C26H34N4O8/c1-25(2,21(31)32)37-19-11-7-17(8-12-19)29-23(35)27-15-5-6-16-28-24(36)30-18-9-13-20(14-10-18)38-26(3,4)22(33)34/h7-14H,5-6,15-16H2,1-4H3,(H,31,32)(H,33,34)(H2,27,29,35)(H2,28,30,36). The molecule has 0 aliphatic rings. The SMILES string of the molecule is CC(C)(Oc1ccc(NC(=O)NCCCCNC(=O)Nc2ccc(OC(C)(C)C(=O)O)cc2)cc1)C(=O)O. The molecule has 206 valence electrons. The van der Waals surface area contributed by atoms with Crippen molar-refractivity contribution in [2.24, 2.45) is 0 Å². The van der Waals surface area contributed by atoms with Crippen molar-refractivity contribution < 1.29 is 38.9 Å². The van der Waals surface area contributed by atoms with Crippen molar-refractivity contribution in [2.45, 2.75) is 51.7 Å². The van der Waals surface area contributed by atoms with Crippen molar-refractivity contribution in [1.29, 1.82) is 0 Å². The van der Waals surface area contributed by atoms with Crippen LogP contribution in [0.5, 0.6) is 11.5 Å². The minimum Gasteiger partial charge on any atom is -0.478 e. The van der Waals surface area contributed by atoms with Crippen molar-refractivity contribution in [3.05, 3.63) is 48.5 Å². The smallest absolute Gasteiger partial charge is 0.347 e. The van der Waals surface area contributed by atoms with Gasteiger partial charge < -0.3 is 41.0 Å². The average molecular weight is 531 g/mol. The van der Waals surface area contributed by atoms with Gasteiger partial charge in [-0.1, -0.05) is 0 Å². The molecular weight excluding hydrogens is 496 g/mol. The molecule has 0 fully saturated rings. The van der Waals surface area contributed by atoms with Crippen LogP contribution in [0, 0.1) is 0 Å². The molecule has 38 heavy (non-hydrogen) atoms. The first-order valence-electron chi connectivity index (χ1n) is 11.9. The number of carboxylic acids is 2. The molecule has 0 aliphatic heterocycles. The number of amides is 4. The Kier molecular flexibility index (Phi) is 10.3. The third-order valence-electron chi connectivity index (χ3n) is 5.18. The second-order valence-corrected chi connectivity index (χ2v) is 9.35. The molecule has 2 aromatic carbocycles. The van der Waals surface area contributed by atoms with E-state index in [-0.39, 0.29) is 0 Å². The van der Waals surface area contributed by atoms with Crippen LogP contribution in [0.2, 0.25) is 0 Å². The zero-order valence-electron chi connectivity index (χ0n) is 21.8. The van der Waals surface area contributed by atoms with E-state index >= 15 is 0 Å². The molecule has 12 nitrogen and oxygen atoms in total. The number of urea groups is 2. The van der Waals surface area contributed by atoms with Gasteiger partial charge in [-0.15, -0.1) is 0 Å². The summed E-state index contributed by atoms with van der Waals surface area (Å²) in [5, 5.41) is 29.0. The molecule has 4 amide bonds. The number of hydrogen-bond acceptors (Lipinski definition) is 6. The minimum absolute atomic E-state index is 0.366. The highest BCUT2D eigenvalue weighted by Gasteiger charge is 2.30. The summed E-state index contributed by atoms with van der Waals surface area (Å²) in [6, 6.07) is 11.9. The van der Waals surface area contributed by atoms with Crippen LogP contribution in [0.4, 0.5) is 21.0 Å². The number of carboxylic acid groups (broad SMARTS) is 2. The molecule has 0 unspecified atom stereocenters. The number of anilines is 2. The summed E-state index contributed by atoms with van der Waals surface area (Å²) in [6.45, 7) is 6.58. The number of carbonyl (C=O) groups is 4. The maximum Gasteiger partial charge on any atom is 0.347 e. The van der Waals surface area contributed by atoms with Gasteiger partial charge in [0.2, 0.25) is 0 Å². The van der Waals surface area contributed by atoms with Gasteiger partial charge in [0, 0.05) is 24.5 Å². The van der Waals surface area contributed by atoms with E-state index in [2.05, 4.69) is 21.3 Å². The summed E-state index contributed by atoms with van der Waals surface area (Å²) in [5.74, 6) is -1.44. The summed E-state index contributed by atoms with van der Waals surface area (Å²) in [7, 11) is 0. The third kappa shape index (κ3) is 9.88. The van der Waals surface area contributed by atoms with Gasteiger partial charge in [-0.2, -0.15) is 0 Å². The summed E-state index contributed by atoms with van der Waals surface area (Å²) in [6.07, 6.45) is 1.27. The number of hydrogen-bond donors (Lipinski definition) is 6. The van der Waals surface area contributed by atoms with Gasteiger partial charge in [-0.05, 0) is 89.1 Å². The predicted molar refractivity (Wildman–Crippen MR) is 141 cm³/mol. The summed E-state index contributed by atoms with van der Waals surface area (Å²) >= 11 is 0. The van der Waals surface area contributed by atoms with Crippen molar-refractivity contribution in [3.8, 4) is 11.5 Å². The highest BCUT2D eigenvalue weighted by molar-refractivity contribution is 5.89. The Balaban J connectivity index is 1.61. The van der Waals surface area contributed by atoms with E-state index in [4.69, 9.17) is 19.7 Å². The predicted octanol–water partition coefficient (Wildman–Crippen LogP) is 3.89. The summed E-state index contributed by atoms with van der Waals surface area (Å²) in [4.78, 5) is 46.4. The van der Waals surface area contributed by atoms with Crippen LogP contribution >= 0.6 is 0 Å². The van der Waals surface area contributed by atoms with Crippen molar-refractivity contribution >= 4 is 35.4 Å². The Hall–Kier alpha value is -4.48. The lowest BCUT2D eigenvalue weighted by atomic mass is 10.1. The van der Waals surface area contributed by atoms with Crippen LogP contribution in [0.25, 0.3) is 0 Å². The van der Waals surface area contributed by atoms with Gasteiger partial charge in [-0.3, -0.25) is 0 Å². The first-order valence-corrected chi connectivity index (χ1v) is 11.9. The quantitative estimate of drug-likeness (QED) is 0.211. The van der Waals surface area contributed by atoms with Gasteiger partial charge in [0.05, 0.1) is 0 Å². The van der Waals surface area contributed by atoms with Crippen LogP contribution in [-0.2, 0) is 9.59 Å². The van der Waals surface area contributed by atoms with E-state index in [0.29, 0.717) is 48.8 Å². The Bertz CT molecular complexity index is 1030. The van der Waals surface area contributed by atoms with Gasteiger partial charge in [0.25, 0.3) is 0 Å². The lowest BCUT2D eigenvalue weighted by Crippen LogP contribution is -2.37. The Labute approximate surface area is 220 Å². The number of ether oxygens (including phenoxy) is 2. The molecule has 0 aliphatic carbocycles. The first kappa shape index (κ1) is 29.7. The van der Waals surface area contributed by atoms with E-state index in [1.807, 2.05) is 0 Å². The molecule has 0 aromatic heterocycles. The van der Waals surface area contributed by atoms with E-state index < -0.39 is 35.2 Å². The molecule has 0 saturated heterocycles. The molecule has 0 radical (unpaired) electrons. The maximum atomic E-state index is 12.0. The van der Waals surface area contributed by atoms with Crippen molar-refractivity contribution in [2.75, 3.05) is 23.7 Å². The summed E-state index contributed by atoms with van der Waals surface area (Å²) < 4.78 is 10.8. The lowest BCUT2D eigenvalue weighted by molar-refractivity contribution is -0.152. The van der Waals surface area contributed by atoms with E-state index in [9.17, 15) is 19.2 Å². The van der Waals surface area contributed by atoms with E-state index in [1.54, 1.807) is 48.5 Å². The van der Waals surface area contributed by atoms with Gasteiger partial charge >= 0.3 is 24.0 Å². The molecule has 0 spiro atoms. The van der Waals surface area contributed by atoms with Crippen LogP contribution in [0.1, 0.15) is 40.5 Å². The number of rotatable bonds is 13. The Morgan fingerprint density at radius 2 is 0.947 bits per heavy atom. The largest absolute Gasteiger partial charge is 0.478 e. The van der Waals surface area contributed by atoms with Crippen LogP contribution in [-0.4, -0.2) is 58.5 Å².